The van der Waals surface area contributed by atoms with Gasteiger partial charge < -0.3 is 15.8 Å². The Hall–Kier alpha value is -1.60. The van der Waals surface area contributed by atoms with Crippen molar-refractivity contribution in [2.75, 3.05) is 6.54 Å². The van der Waals surface area contributed by atoms with E-state index in [1.54, 1.807) is 6.07 Å². The molecule has 1 heterocycles. The van der Waals surface area contributed by atoms with Crippen LogP contribution in [0.1, 0.15) is 43.9 Å². The standard InChI is InChI=1S/C17H23F3N2O2/c1-10(2)15(11-4-3-5-12(8-11)17(18,19)20)22-16(23)14-7-6-13(9-21)24-14/h3-5,8,10,13-15H,6-7,9,21H2,1-2H3,(H,22,23)/t13-,14+,15?/m1/s1. The van der Waals surface area contributed by atoms with Crippen molar-refractivity contribution in [3.05, 3.63) is 35.4 Å². The summed E-state index contributed by atoms with van der Waals surface area (Å²) in [5.74, 6) is -0.369. The molecule has 3 atom stereocenters. The number of nitrogens with two attached hydrogens (primary N) is 1. The van der Waals surface area contributed by atoms with Crippen LogP contribution in [0.3, 0.4) is 0 Å². The third kappa shape index (κ3) is 4.48. The lowest BCUT2D eigenvalue weighted by molar-refractivity contribution is -0.137. The van der Waals surface area contributed by atoms with E-state index < -0.39 is 23.9 Å². The zero-order chi connectivity index (χ0) is 17.9. The molecule has 134 valence electrons. The average Bonchev–Trinajstić information content (AvgIpc) is 3.00. The van der Waals surface area contributed by atoms with E-state index in [-0.39, 0.29) is 17.9 Å². The number of carbonyl (C=O) groups is 1. The summed E-state index contributed by atoms with van der Waals surface area (Å²) in [7, 11) is 0. The van der Waals surface area contributed by atoms with Gasteiger partial charge in [-0.1, -0.05) is 26.0 Å². The van der Waals surface area contributed by atoms with Gasteiger partial charge in [-0.05, 0) is 36.5 Å². The van der Waals surface area contributed by atoms with Crippen molar-refractivity contribution in [3.63, 3.8) is 0 Å². The van der Waals surface area contributed by atoms with Gasteiger partial charge in [0.05, 0.1) is 17.7 Å². The number of hydrogen-bond acceptors (Lipinski definition) is 3. The van der Waals surface area contributed by atoms with Gasteiger partial charge in [-0.15, -0.1) is 0 Å². The number of amides is 1. The van der Waals surface area contributed by atoms with Crippen molar-refractivity contribution in [1.29, 1.82) is 0 Å². The highest BCUT2D eigenvalue weighted by atomic mass is 19.4. The van der Waals surface area contributed by atoms with Crippen molar-refractivity contribution in [2.24, 2.45) is 11.7 Å². The average molecular weight is 344 g/mol. The Kier molecular flexibility index (Phi) is 5.87. The molecule has 1 aromatic rings. The van der Waals surface area contributed by atoms with E-state index in [4.69, 9.17) is 10.5 Å². The molecule has 3 N–H and O–H groups in total. The molecule has 1 aliphatic heterocycles. The van der Waals surface area contributed by atoms with Crippen molar-refractivity contribution < 1.29 is 22.7 Å². The molecule has 1 fully saturated rings. The van der Waals surface area contributed by atoms with Gasteiger partial charge in [0.15, 0.2) is 0 Å². The summed E-state index contributed by atoms with van der Waals surface area (Å²) in [5.41, 5.74) is 5.24. The summed E-state index contributed by atoms with van der Waals surface area (Å²) in [6, 6.07) is 4.55. The van der Waals surface area contributed by atoms with Crippen LogP contribution in [0.25, 0.3) is 0 Å². The molecule has 4 nitrogen and oxygen atoms in total. The number of carbonyl (C=O) groups excluding carboxylic acids is 1. The smallest absolute Gasteiger partial charge is 0.364 e. The maximum absolute atomic E-state index is 12.9. The fourth-order valence-electron chi connectivity index (χ4n) is 2.86. The Morgan fingerprint density at radius 3 is 2.62 bits per heavy atom. The minimum absolute atomic E-state index is 0.0656. The number of alkyl halides is 3. The summed E-state index contributed by atoms with van der Waals surface area (Å²) >= 11 is 0. The molecule has 0 saturated carbocycles. The van der Waals surface area contributed by atoms with Crippen molar-refractivity contribution in [2.45, 2.75) is 51.1 Å². The number of nitrogens with one attached hydrogen (secondary N) is 1. The Morgan fingerprint density at radius 2 is 2.08 bits per heavy atom. The second-order valence-corrected chi connectivity index (χ2v) is 6.41. The van der Waals surface area contributed by atoms with Crippen molar-refractivity contribution >= 4 is 5.91 Å². The molecule has 0 spiro atoms. The minimum Gasteiger partial charge on any atom is -0.364 e. The van der Waals surface area contributed by atoms with Gasteiger partial charge in [0.1, 0.15) is 6.10 Å². The highest BCUT2D eigenvalue weighted by Gasteiger charge is 2.33. The second kappa shape index (κ2) is 7.53. The van der Waals surface area contributed by atoms with E-state index in [1.165, 1.54) is 6.07 Å². The van der Waals surface area contributed by atoms with Crippen LogP contribution in [-0.2, 0) is 15.7 Å². The molecular formula is C17H23F3N2O2. The van der Waals surface area contributed by atoms with Gasteiger partial charge in [-0.3, -0.25) is 4.79 Å². The van der Waals surface area contributed by atoms with Crippen molar-refractivity contribution in [1.82, 2.24) is 5.32 Å². The molecule has 2 rings (SSSR count). The summed E-state index contributed by atoms with van der Waals surface area (Å²) in [4.78, 5) is 12.4. The summed E-state index contributed by atoms with van der Waals surface area (Å²) in [6.07, 6.45) is -3.85. The van der Waals surface area contributed by atoms with Crippen LogP contribution >= 0.6 is 0 Å². The highest BCUT2D eigenvalue weighted by Crippen LogP contribution is 2.32. The van der Waals surface area contributed by atoms with Gasteiger partial charge in [-0.2, -0.15) is 13.2 Å². The number of ether oxygens (including phenoxy) is 1. The third-order valence-corrected chi connectivity index (χ3v) is 4.20. The molecular weight excluding hydrogens is 321 g/mol. The fourth-order valence-corrected chi connectivity index (χ4v) is 2.86. The summed E-state index contributed by atoms with van der Waals surface area (Å²) in [6.45, 7) is 4.05. The van der Waals surface area contributed by atoms with Gasteiger partial charge in [0.25, 0.3) is 0 Å². The molecule has 0 aromatic heterocycles. The SMILES string of the molecule is CC(C)C(NC(=O)[C@@H]1CC[C@H](CN)O1)c1cccc(C(F)(F)F)c1. The molecule has 0 aliphatic carbocycles. The zero-order valence-electron chi connectivity index (χ0n) is 13.8. The fraction of sp³-hybridized carbons (Fsp3) is 0.588. The predicted octanol–water partition coefficient (Wildman–Crippen LogP) is 3.03. The first-order valence-corrected chi connectivity index (χ1v) is 8.05. The summed E-state index contributed by atoms with van der Waals surface area (Å²) < 4.78 is 44.3. The number of hydrogen-bond donors (Lipinski definition) is 2. The Morgan fingerprint density at radius 1 is 1.38 bits per heavy atom. The molecule has 1 unspecified atom stereocenters. The van der Waals surface area contributed by atoms with Crippen LogP contribution < -0.4 is 11.1 Å². The Labute approximate surface area is 139 Å². The van der Waals surface area contributed by atoms with E-state index in [2.05, 4.69) is 5.32 Å². The number of rotatable bonds is 5. The van der Waals surface area contributed by atoms with Crippen LogP contribution in [0.5, 0.6) is 0 Å². The van der Waals surface area contributed by atoms with Crippen LogP contribution in [0.2, 0.25) is 0 Å². The lowest BCUT2D eigenvalue weighted by Gasteiger charge is -2.25. The second-order valence-electron chi connectivity index (χ2n) is 6.41. The topological polar surface area (TPSA) is 64.4 Å². The molecule has 1 aliphatic rings. The number of halogens is 3. The van der Waals surface area contributed by atoms with Gasteiger partial charge >= 0.3 is 6.18 Å². The monoisotopic (exact) mass is 344 g/mol. The van der Waals surface area contributed by atoms with Crippen LogP contribution in [-0.4, -0.2) is 24.7 Å². The molecule has 24 heavy (non-hydrogen) atoms. The maximum Gasteiger partial charge on any atom is 0.416 e. The molecule has 1 saturated heterocycles. The highest BCUT2D eigenvalue weighted by molar-refractivity contribution is 5.81. The van der Waals surface area contributed by atoms with Crippen LogP contribution in [0, 0.1) is 5.92 Å². The third-order valence-electron chi connectivity index (χ3n) is 4.20. The van der Waals surface area contributed by atoms with E-state index >= 15 is 0 Å². The first kappa shape index (κ1) is 18.7. The van der Waals surface area contributed by atoms with E-state index in [9.17, 15) is 18.0 Å². The lowest BCUT2D eigenvalue weighted by Crippen LogP contribution is -2.39. The first-order valence-electron chi connectivity index (χ1n) is 8.05. The Balaban J connectivity index is 2.14. The van der Waals surface area contributed by atoms with E-state index in [1.807, 2.05) is 13.8 Å². The normalized spacial score (nSPS) is 22.6. The minimum atomic E-state index is -4.41. The van der Waals surface area contributed by atoms with Gasteiger partial charge in [-0.25, -0.2) is 0 Å². The van der Waals surface area contributed by atoms with E-state index in [0.29, 0.717) is 24.9 Å². The lowest BCUT2D eigenvalue weighted by atomic mass is 9.94. The molecule has 1 amide bonds. The number of benzene rings is 1. The first-order chi connectivity index (χ1) is 11.2. The maximum atomic E-state index is 12.9. The predicted molar refractivity (Wildman–Crippen MR) is 84.1 cm³/mol. The molecule has 0 bridgehead atoms. The molecule has 1 aromatic carbocycles. The summed E-state index contributed by atoms with van der Waals surface area (Å²) in [5, 5.41) is 2.83. The van der Waals surface area contributed by atoms with Gasteiger partial charge in [0, 0.05) is 6.54 Å². The van der Waals surface area contributed by atoms with Crippen molar-refractivity contribution in [3.8, 4) is 0 Å². The van der Waals surface area contributed by atoms with Crippen LogP contribution in [0.15, 0.2) is 24.3 Å². The Bertz CT molecular complexity index is 575. The largest absolute Gasteiger partial charge is 0.416 e. The van der Waals surface area contributed by atoms with E-state index in [0.717, 1.165) is 12.1 Å². The molecule has 7 heteroatoms. The van der Waals surface area contributed by atoms with Gasteiger partial charge in [0.2, 0.25) is 5.91 Å². The zero-order valence-corrected chi connectivity index (χ0v) is 13.8. The quantitative estimate of drug-likeness (QED) is 0.863. The molecule has 0 radical (unpaired) electrons. The van der Waals surface area contributed by atoms with Crippen LogP contribution in [0.4, 0.5) is 13.2 Å².